The van der Waals surface area contributed by atoms with Crippen LogP contribution in [0, 0.1) is 11.8 Å². The molecule has 6 heteroatoms. The van der Waals surface area contributed by atoms with E-state index in [9.17, 15) is 0 Å². The third kappa shape index (κ3) is 4.74. The topological polar surface area (TPSA) is 45.8 Å². The minimum atomic E-state index is 0.287. The number of ether oxygens (including phenoxy) is 2. The van der Waals surface area contributed by atoms with Crippen LogP contribution in [0.5, 0.6) is 11.5 Å². The summed E-state index contributed by atoms with van der Waals surface area (Å²) in [7, 11) is 0. The average Bonchev–Trinajstić information content (AvgIpc) is 2.98. The zero-order chi connectivity index (χ0) is 16.9. The summed E-state index contributed by atoms with van der Waals surface area (Å²) in [5.74, 6) is 3.17. The van der Waals surface area contributed by atoms with Crippen LogP contribution in [0.2, 0.25) is 0 Å². The second-order valence-electron chi connectivity index (χ2n) is 7.01. The van der Waals surface area contributed by atoms with Gasteiger partial charge in [0, 0.05) is 31.4 Å². The van der Waals surface area contributed by atoms with E-state index in [-0.39, 0.29) is 6.79 Å². The highest BCUT2D eigenvalue weighted by atomic mass is 32.1. The third-order valence-electron chi connectivity index (χ3n) is 4.51. The highest BCUT2D eigenvalue weighted by molar-refractivity contribution is 7.80. The zero-order valence-electron chi connectivity index (χ0n) is 14.5. The van der Waals surface area contributed by atoms with Gasteiger partial charge in [-0.2, -0.15) is 0 Å². The van der Waals surface area contributed by atoms with Crippen LogP contribution in [-0.4, -0.2) is 43.0 Å². The van der Waals surface area contributed by atoms with Crippen LogP contribution < -0.4 is 20.1 Å². The molecular weight excluding hydrogens is 322 g/mol. The first-order valence-corrected chi connectivity index (χ1v) is 9.18. The van der Waals surface area contributed by atoms with Crippen molar-refractivity contribution < 1.29 is 9.47 Å². The van der Waals surface area contributed by atoms with Gasteiger partial charge in [0.25, 0.3) is 0 Å². The molecule has 1 fully saturated rings. The van der Waals surface area contributed by atoms with E-state index >= 15 is 0 Å². The molecule has 24 heavy (non-hydrogen) atoms. The van der Waals surface area contributed by atoms with Gasteiger partial charge in [-0.05, 0) is 55.6 Å². The number of benzene rings is 1. The monoisotopic (exact) mass is 349 g/mol. The maximum atomic E-state index is 5.37. The van der Waals surface area contributed by atoms with Crippen molar-refractivity contribution in [3.63, 3.8) is 0 Å². The molecule has 1 aromatic carbocycles. The molecule has 132 valence electrons. The molecule has 0 aromatic heterocycles. The zero-order valence-corrected chi connectivity index (χ0v) is 15.3. The van der Waals surface area contributed by atoms with Gasteiger partial charge in [-0.3, -0.25) is 0 Å². The van der Waals surface area contributed by atoms with Crippen LogP contribution in [0.1, 0.15) is 26.7 Å². The van der Waals surface area contributed by atoms with Crippen molar-refractivity contribution in [1.82, 2.24) is 10.2 Å². The van der Waals surface area contributed by atoms with Gasteiger partial charge in [0.1, 0.15) is 0 Å². The molecule has 0 spiro atoms. The third-order valence-corrected chi connectivity index (χ3v) is 4.76. The van der Waals surface area contributed by atoms with Gasteiger partial charge in [0.15, 0.2) is 16.6 Å². The van der Waals surface area contributed by atoms with E-state index in [4.69, 9.17) is 21.7 Å². The van der Waals surface area contributed by atoms with Gasteiger partial charge in [0.2, 0.25) is 6.79 Å². The number of fused-ring (bicyclic) bond motifs is 1. The van der Waals surface area contributed by atoms with Crippen molar-refractivity contribution in [1.29, 1.82) is 0 Å². The maximum Gasteiger partial charge on any atom is 0.231 e. The first-order valence-electron chi connectivity index (χ1n) is 8.77. The highest BCUT2D eigenvalue weighted by Gasteiger charge is 2.21. The van der Waals surface area contributed by atoms with E-state index in [1.165, 1.54) is 19.5 Å². The minimum absolute atomic E-state index is 0.287. The first kappa shape index (κ1) is 17.3. The van der Waals surface area contributed by atoms with Crippen LogP contribution >= 0.6 is 12.2 Å². The van der Waals surface area contributed by atoms with E-state index in [0.29, 0.717) is 5.11 Å². The summed E-state index contributed by atoms with van der Waals surface area (Å²) in [6.45, 7) is 9.46. The number of anilines is 1. The molecule has 2 aliphatic heterocycles. The van der Waals surface area contributed by atoms with Crippen molar-refractivity contribution in [2.45, 2.75) is 26.7 Å². The quantitative estimate of drug-likeness (QED) is 0.629. The van der Waals surface area contributed by atoms with Crippen LogP contribution in [0.3, 0.4) is 0 Å². The summed E-state index contributed by atoms with van der Waals surface area (Å²) in [6.07, 6.45) is 2.46. The fourth-order valence-corrected chi connectivity index (χ4v) is 3.85. The van der Waals surface area contributed by atoms with Gasteiger partial charge in [-0.15, -0.1) is 0 Å². The van der Waals surface area contributed by atoms with Crippen LogP contribution in [0.15, 0.2) is 18.2 Å². The molecule has 3 rings (SSSR count). The molecule has 2 heterocycles. The largest absolute Gasteiger partial charge is 0.454 e. The van der Waals surface area contributed by atoms with Crippen molar-refractivity contribution in [2.24, 2.45) is 11.8 Å². The van der Waals surface area contributed by atoms with Gasteiger partial charge in [-0.1, -0.05) is 13.8 Å². The number of rotatable bonds is 5. The number of nitrogens with one attached hydrogen (secondary N) is 2. The standard InChI is InChI=1S/C18H27N3O2S/c1-13-8-14(2)11-21(10-13)7-3-6-19-18(24)20-15-4-5-16-17(9-15)23-12-22-16/h4-5,9,13-14H,3,6-8,10-12H2,1-2H3,(H2,19,20,24)/t13-,14-/m0/s1. The number of hydrogen-bond acceptors (Lipinski definition) is 4. The highest BCUT2D eigenvalue weighted by Crippen LogP contribution is 2.34. The predicted octanol–water partition coefficient (Wildman–Crippen LogP) is 3.07. The maximum absolute atomic E-state index is 5.37. The molecule has 0 unspecified atom stereocenters. The Morgan fingerprint density at radius 3 is 2.75 bits per heavy atom. The van der Waals surface area contributed by atoms with Gasteiger partial charge in [0.05, 0.1) is 0 Å². The fraction of sp³-hybridized carbons (Fsp3) is 0.611. The SMILES string of the molecule is C[C@H]1C[C@H](C)CN(CCCNC(=S)Nc2ccc3c(c2)OCO3)C1. The Labute approximate surface area is 149 Å². The molecule has 0 aliphatic carbocycles. The molecule has 2 atom stereocenters. The van der Waals surface area contributed by atoms with Gasteiger partial charge in [-0.25, -0.2) is 0 Å². The summed E-state index contributed by atoms with van der Waals surface area (Å²) in [5, 5.41) is 7.13. The molecule has 0 radical (unpaired) electrons. The molecule has 0 amide bonds. The number of piperidine rings is 1. The lowest BCUT2D eigenvalue weighted by atomic mass is 9.92. The second-order valence-corrected chi connectivity index (χ2v) is 7.42. The normalized spacial score (nSPS) is 23.1. The van der Waals surface area contributed by atoms with Crippen LogP contribution in [0.4, 0.5) is 5.69 Å². The fourth-order valence-electron chi connectivity index (χ4n) is 3.63. The van der Waals surface area contributed by atoms with E-state index in [2.05, 4.69) is 29.4 Å². The van der Waals surface area contributed by atoms with Crippen molar-refractivity contribution in [3.05, 3.63) is 18.2 Å². The molecule has 2 N–H and O–H groups in total. The van der Waals surface area contributed by atoms with Crippen LogP contribution in [-0.2, 0) is 0 Å². The molecular formula is C18H27N3O2S. The molecule has 5 nitrogen and oxygen atoms in total. The summed E-state index contributed by atoms with van der Waals surface area (Å²) in [4.78, 5) is 2.58. The Morgan fingerprint density at radius 2 is 1.96 bits per heavy atom. The van der Waals surface area contributed by atoms with E-state index in [1.807, 2.05) is 18.2 Å². The number of thiocarbonyl (C=S) groups is 1. The molecule has 0 saturated carbocycles. The van der Waals surface area contributed by atoms with Crippen molar-refractivity contribution in [3.8, 4) is 11.5 Å². The minimum Gasteiger partial charge on any atom is -0.454 e. The lowest BCUT2D eigenvalue weighted by Crippen LogP contribution is -2.40. The number of nitrogens with zero attached hydrogens (tertiary/aromatic N) is 1. The first-order chi connectivity index (χ1) is 11.6. The Kier molecular flexibility index (Phi) is 5.79. The Balaban J connectivity index is 1.35. The summed E-state index contributed by atoms with van der Waals surface area (Å²) >= 11 is 5.36. The van der Waals surface area contributed by atoms with Crippen molar-refractivity contribution in [2.75, 3.05) is 38.3 Å². The second kappa shape index (κ2) is 8.03. The Bertz CT molecular complexity index is 571. The van der Waals surface area contributed by atoms with E-state index in [0.717, 1.165) is 48.5 Å². The van der Waals surface area contributed by atoms with E-state index in [1.54, 1.807) is 0 Å². The summed E-state index contributed by atoms with van der Waals surface area (Å²) < 4.78 is 10.7. The smallest absolute Gasteiger partial charge is 0.231 e. The molecule has 1 aromatic rings. The lowest BCUT2D eigenvalue weighted by molar-refractivity contribution is 0.140. The summed E-state index contributed by atoms with van der Waals surface area (Å²) in [6, 6.07) is 5.75. The Morgan fingerprint density at radius 1 is 1.21 bits per heavy atom. The Hall–Kier alpha value is -1.53. The van der Waals surface area contributed by atoms with E-state index < -0.39 is 0 Å². The van der Waals surface area contributed by atoms with Gasteiger partial charge >= 0.3 is 0 Å². The van der Waals surface area contributed by atoms with Gasteiger partial charge < -0.3 is 25.0 Å². The summed E-state index contributed by atoms with van der Waals surface area (Å²) in [5.41, 5.74) is 0.912. The number of likely N-dealkylation sites (tertiary alicyclic amines) is 1. The number of hydrogen-bond donors (Lipinski definition) is 2. The molecule has 1 saturated heterocycles. The molecule has 2 aliphatic rings. The lowest BCUT2D eigenvalue weighted by Gasteiger charge is -2.34. The van der Waals surface area contributed by atoms with Crippen molar-refractivity contribution >= 4 is 23.0 Å². The predicted molar refractivity (Wildman–Crippen MR) is 101 cm³/mol. The van der Waals surface area contributed by atoms with Crippen LogP contribution in [0.25, 0.3) is 0 Å². The average molecular weight is 350 g/mol. The molecule has 0 bridgehead atoms.